The molecule has 0 radical (unpaired) electrons. The number of hydrogen-bond acceptors (Lipinski definition) is 2. The smallest absolute Gasteiger partial charge is 0.103 e. The summed E-state index contributed by atoms with van der Waals surface area (Å²) in [7, 11) is 0. The molecule has 0 aliphatic heterocycles. The molecule has 0 heterocycles. The molecule has 0 rings (SSSR count). The van der Waals surface area contributed by atoms with E-state index >= 15 is 0 Å². The molecule has 0 fully saturated rings. The van der Waals surface area contributed by atoms with Gasteiger partial charge < -0.3 is 0 Å². The molecule has 0 atom stereocenters. The predicted octanol–water partition coefficient (Wildman–Crippen LogP) is 1.31. The van der Waals surface area contributed by atoms with E-state index in [-0.39, 0.29) is 0 Å². The standard InChI is InChI=1S/C3H6.H2N3/c2*1-3-2/h3H,1H2,2H3;1-2H/q;+1. The Kier molecular flexibility index (Phi) is 50.7. The summed E-state index contributed by atoms with van der Waals surface area (Å²) in [5.74, 6) is 0. The van der Waals surface area contributed by atoms with Crippen LogP contribution in [0.5, 0.6) is 0 Å². The minimum Gasteiger partial charge on any atom is -0.103 e. The van der Waals surface area contributed by atoms with E-state index in [4.69, 9.17) is 11.1 Å². The first-order valence-corrected chi connectivity index (χ1v) is 1.43. The molecule has 0 aromatic carbocycles. The summed E-state index contributed by atoms with van der Waals surface area (Å²) in [5.41, 5.74) is 11.0. The molecule has 34 valence electrons. The molecule has 0 aliphatic carbocycles. The van der Waals surface area contributed by atoms with Crippen LogP contribution < -0.4 is 4.91 Å². The fourth-order valence-corrected chi connectivity index (χ4v) is 0. The average molecular weight is 86.1 g/mol. The molecule has 0 aromatic heterocycles. The van der Waals surface area contributed by atoms with Crippen molar-refractivity contribution in [3.8, 4) is 0 Å². The molecule has 0 amide bonds. The highest BCUT2D eigenvalue weighted by Crippen LogP contribution is 1.38. The van der Waals surface area contributed by atoms with Gasteiger partial charge in [0.15, 0.2) is 0 Å². The number of nitrogens with zero attached hydrogens (tertiary/aromatic N) is 1. The molecule has 3 heteroatoms. The summed E-state index contributed by atoms with van der Waals surface area (Å²) in [6.07, 6.45) is 1.75. The zero-order chi connectivity index (χ0) is 5.41. The molecule has 0 aliphatic rings. The zero-order valence-corrected chi connectivity index (χ0v) is 3.73. The first-order valence-electron chi connectivity index (χ1n) is 1.43. The van der Waals surface area contributed by atoms with Crippen LogP contribution in [0.3, 0.4) is 0 Å². The topological polar surface area (TPSA) is 61.8 Å². The van der Waals surface area contributed by atoms with Gasteiger partial charge in [0, 0.05) is 0 Å². The molecule has 0 aromatic rings. The van der Waals surface area contributed by atoms with Crippen LogP contribution in [0.4, 0.5) is 0 Å². The molecule has 0 saturated carbocycles. The van der Waals surface area contributed by atoms with Gasteiger partial charge in [0.2, 0.25) is 4.91 Å². The SMILES string of the molecule is C=CC.N=[N+]=N. The largest absolute Gasteiger partial charge is 0.211 e. The maximum Gasteiger partial charge on any atom is 0.211 e. The summed E-state index contributed by atoms with van der Waals surface area (Å²) in [6.45, 7) is 5.25. The lowest BCUT2D eigenvalue weighted by atomic mass is 10.8. The number of nitrogens with one attached hydrogen (secondary N) is 2. The second-order valence-electron chi connectivity index (χ2n) is 0.520. The Morgan fingerprint density at radius 2 is 1.67 bits per heavy atom. The van der Waals surface area contributed by atoms with Crippen molar-refractivity contribution < 1.29 is 0 Å². The summed E-state index contributed by atoms with van der Waals surface area (Å²) in [4.78, 5) is 2.00. The van der Waals surface area contributed by atoms with E-state index in [2.05, 4.69) is 6.58 Å². The second-order valence-corrected chi connectivity index (χ2v) is 0.520. The van der Waals surface area contributed by atoms with Crippen LogP contribution in [-0.2, 0) is 0 Å². The van der Waals surface area contributed by atoms with Crippen LogP contribution in [0.25, 0.3) is 0 Å². The third-order valence-electron chi connectivity index (χ3n) is 0. The van der Waals surface area contributed by atoms with Crippen LogP contribution in [-0.4, -0.2) is 0 Å². The first-order chi connectivity index (χ1) is 2.83. The van der Waals surface area contributed by atoms with Crippen molar-refractivity contribution in [1.29, 1.82) is 11.1 Å². The van der Waals surface area contributed by atoms with Crippen molar-refractivity contribution in [3.05, 3.63) is 12.7 Å². The second kappa shape index (κ2) is 34.2. The van der Waals surface area contributed by atoms with Crippen LogP contribution in [0.2, 0.25) is 0 Å². The van der Waals surface area contributed by atoms with E-state index in [1.54, 1.807) is 6.08 Å². The Hall–Kier alpha value is -0.950. The van der Waals surface area contributed by atoms with Gasteiger partial charge in [-0.3, -0.25) is 0 Å². The third-order valence-corrected chi connectivity index (χ3v) is 0. The van der Waals surface area contributed by atoms with Gasteiger partial charge in [-0.25, -0.2) is 0 Å². The number of rotatable bonds is 0. The van der Waals surface area contributed by atoms with Crippen molar-refractivity contribution in [3.63, 3.8) is 0 Å². The monoisotopic (exact) mass is 86.1 g/mol. The first kappa shape index (κ1) is 8.90. The Bertz CT molecular complexity index is 51.1. The Morgan fingerprint density at radius 1 is 1.67 bits per heavy atom. The van der Waals surface area contributed by atoms with Gasteiger partial charge in [0.1, 0.15) is 11.1 Å². The minimum atomic E-state index is 1.75. The van der Waals surface area contributed by atoms with Gasteiger partial charge in [0.25, 0.3) is 0 Å². The van der Waals surface area contributed by atoms with Crippen molar-refractivity contribution in [2.45, 2.75) is 6.92 Å². The summed E-state index contributed by atoms with van der Waals surface area (Å²) in [6, 6.07) is 0. The van der Waals surface area contributed by atoms with E-state index < -0.39 is 0 Å². The quantitative estimate of drug-likeness (QED) is 0.253. The minimum absolute atomic E-state index is 1.75. The van der Waals surface area contributed by atoms with Gasteiger partial charge in [-0.15, -0.1) is 6.58 Å². The van der Waals surface area contributed by atoms with Gasteiger partial charge in [-0.2, -0.15) is 0 Å². The normalized spacial score (nSPS) is 3.50. The Balaban J connectivity index is 0. The van der Waals surface area contributed by atoms with Crippen molar-refractivity contribution in [2.24, 2.45) is 0 Å². The highest BCUT2D eigenvalue weighted by atomic mass is 15.0. The van der Waals surface area contributed by atoms with Gasteiger partial charge in [-0.05, 0) is 6.92 Å². The lowest BCUT2D eigenvalue weighted by Gasteiger charge is -1.31. The van der Waals surface area contributed by atoms with Crippen LogP contribution in [0, 0.1) is 11.1 Å². The Morgan fingerprint density at radius 3 is 1.67 bits per heavy atom. The third kappa shape index (κ3) is 14.2. The number of hydrogen-bond donors (Lipinski definition) is 2. The van der Waals surface area contributed by atoms with Gasteiger partial charge in [-0.1, -0.05) is 6.08 Å². The van der Waals surface area contributed by atoms with Crippen LogP contribution in [0.15, 0.2) is 12.7 Å². The number of allylic oxidation sites excluding steroid dienone is 1. The molecule has 0 spiro atoms. The fourth-order valence-electron chi connectivity index (χ4n) is 0. The molecule has 2 N–H and O–H groups in total. The molecular weight excluding hydrogens is 78.1 g/mol. The summed E-state index contributed by atoms with van der Waals surface area (Å²) < 4.78 is 0. The fraction of sp³-hybridized carbons (Fsp3) is 0.333. The predicted molar refractivity (Wildman–Crippen MR) is 23.4 cm³/mol. The average Bonchev–Trinajstić information content (AvgIpc) is 1.39. The zero-order valence-electron chi connectivity index (χ0n) is 3.73. The maximum atomic E-state index is 5.50. The lowest BCUT2D eigenvalue weighted by Crippen LogP contribution is -1.24. The van der Waals surface area contributed by atoms with Crippen molar-refractivity contribution in [2.75, 3.05) is 0 Å². The van der Waals surface area contributed by atoms with Crippen molar-refractivity contribution >= 4 is 0 Å². The van der Waals surface area contributed by atoms with Crippen molar-refractivity contribution in [1.82, 2.24) is 4.91 Å². The van der Waals surface area contributed by atoms with Gasteiger partial charge in [0.05, 0.1) is 0 Å². The van der Waals surface area contributed by atoms with E-state index in [1.165, 1.54) is 0 Å². The summed E-state index contributed by atoms with van der Waals surface area (Å²) >= 11 is 0. The molecule has 3 nitrogen and oxygen atoms in total. The molecule has 6 heavy (non-hydrogen) atoms. The molecular formula is C3H8N3+. The highest BCUT2D eigenvalue weighted by Gasteiger charge is 1.16. The summed E-state index contributed by atoms with van der Waals surface area (Å²) in [5, 5.41) is 0. The van der Waals surface area contributed by atoms with Crippen LogP contribution in [0.1, 0.15) is 6.92 Å². The molecule has 0 unspecified atom stereocenters. The molecule has 0 bridgehead atoms. The lowest BCUT2D eigenvalue weighted by molar-refractivity contribution is 0.928. The van der Waals surface area contributed by atoms with E-state index in [0.717, 1.165) is 0 Å². The maximum absolute atomic E-state index is 5.50. The van der Waals surface area contributed by atoms with Crippen LogP contribution >= 0.6 is 0 Å². The highest BCUT2D eigenvalue weighted by molar-refractivity contribution is 4.51. The van der Waals surface area contributed by atoms with E-state index in [9.17, 15) is 0 Å². The molecule has 0 saturated heterocycles. The Labute approximate surface area is 36.7 Å². The van der Waals surface area contributed by atoms with E-state index in [1.807, 2.05) is 11.8 Å². The van der Waals surface area contributed by atoms with E-state index in [0.29, 0.717) is 0 Å². The van der Waals surface area contributed by atoms with Gasteiger partial charge >= 0.3 is 0 Å².